The van der Waals surface area contributed by atoms with E-state index in [9.17, 15) is 18.4 Å². The third-order valence-electron chi connectivity index (χ3n) is 3.98. The van der Waals surface area contributed by atoms with Crippen molar-refractivity contribution in [3.8, 4) is 0 Å². The summed E-state index contributed by atoms with van der Waals surface area (Å²) in [6.07, 6.45) is 2.90. The maximum Gasteiger partial charge on any atom is 0.251 e. The van der Waals surface area contributed by atoms with Crippen LogP contribution in [-0.4, -0.2) is 18.4 Å². The molecule has 0 spiro atoms. The van der Waals surface area contributed by atoms with Gasteiger partial charge in [0.2, 0.25) is 5.91 Å². The van der Waals surface area contributed by atoms with Crippen molar-refractivity contribution in [1.82, 2.24) is 0 Å². The van der Waals surface area contributed by atoms with Crippen LogP contribution in [0.3, 0.4) is 0 Å². The molecule has 114 valence electrons. The van der Waals surface area contributed by atoms with Crippen LogP contribution in [0.4, 0.5) is 14.5 Å². The van der Waals surface area contributed by atoms with Crippen molar-refractivity contribution in [2.45, 2.75) is 25.7 Å². The fraction of sp³-hybridized carbons (Fsp3) is 0.429. The third-order valence-corrected chi connectivity index (χ3v) is 3.98. The maximum atomic E-state index is 13.6. The molecule has 2 rings (SSSR count). The number of rotatable bonds is 5. The van der Waals surface area contributed by atoms with Crippen molar-refractivity contribution in [3.63, 3.8) is 0 Å². The van der Waals surface area contributed by atoms with E-state index in [1.54, 1.807) is 0 Å². The lowest BCUT2D eigenvalue weighted by molar-refractivity contribution is -0.119. The van der Waals surface area contributed by atoms with Gasteiger partial charge in [-0.15, -0.1) is 0 Å². The standard InChI is InChI=1S/C14H17F2N3O2/c15-9-5-10(16)11(4-8(9)13(18)21)19-12(20)6-14(7-17)2-1-3-14/h4-5H,1-3,6-7,17H2,(H2,18,21)(H,19,20). The highest BCUT2D eigenvalue weighted by molar-refractivity contribution is 5.96. The first-order valence-corrected chi connectivity index (χ1v) is 6.66. The molecule has 0 heterocycles. The molecular weight excluding hydrogens is 280 g/mol. The Kier molecular flexibility index (Phi) is 4.22. The first kappa shape index (κ1) is 15.4. The summed E-state index contributed by atoms with van der Waals surface area (Å²) in [5.74, 6) is -3.46. The number of nitrogens with two attached hydrogens (primary N) is 2. The zero-order valence-corrected chi connectivity index (χ0v) is 11.4. The van der Waals surface area contributed by atoms with Crippen molar-refractivity contribution >= 4 is 17.5 Å². The van der Waals surface area contributed by atoms with E-state index < -0.39 is 29.0 Å². The predicted octanol–water partition coefficient (Wildman–Crippen LogP) is 1.52. The van der Waals surface area contributed by atoms with Crippen LogP contribution in [0.15, 0.2) is 12.1 Å². The van der Waals surface area contributed by atoms with Gasteiger partial charge in [0.15, 0.2) is 0 Å². The number of carbonyl (C=O) groups is 2. The molecule has 1 aliphatic carbocycles. The fourth-order valence-corrected chi connectivity index (χ4v) is 2.50. The second kappa shape index (κ2) is 5.77. The largest absolute Gasteiger partial charge is 0.366 e. The number of halogens is 2. The molecule has 5 nitrogen and oxygen atoms in total. The molecule has 1 aromatic rings. The van der Waals surface area contributed by atoms with Crippen LogP contribution in [0, 0.1) is 17.0 Å². The van der Waals surface area contributed by atoms with Gasteiger partial charge in [0, 0.05) is 12.5 Å². The van der Waals surface area contributed by atoms with Gasteiger partial charge in [-0.2, -0.15) is 0 Å². The highest BCUT2D eigenvalue weighted by atomic mass is 19.1. The van der Waals surface area contributed by atoms with E-state index >= 15 is 0 Å². The van der Waals surface area contributed by atoms with E-state index in [2.05, 4.69) is 5.32 Å². The van der Waals surface area contributed by atoms with Crippen LogP contribution in [0.1, 0.15) is 36.0 Å². The second-order valence-corrected chi connectivity index (χ2v) is 5.46. The van der Waals surface area contributed by atoms with Crippen LogP contribution >= 0.6 is 0 Å². The maximum absolute atomic E-state index is 13.6. The van der Waals surface area contributed by atoms with Crippen LogP contribution in [0.5, 0.6) is 0 Å². The zero-order chi connectivity index (χ0) is 15.6. The summed E-state index contributed by atoms with van der Waals surface area (Å²) in [5.41, 5.74) is 9.69. The number of carbonyl (C=O) groups excluding carboxylic acids is 2. The first-order chi connectivity index (χ1) is 9.87. The summed E-state index contributed by atoms with van der Waals surface area (Å²) in [7, 11) is 0. The van der Waals surface area contributed by atoms with Crippen molar-refractivity contribution in [2.75, 3.05) is 11.9 Å². The average molecular weight is 297 g/mol. The molecule has 1 saturated carbocycles. The highest BCUT2D eigenvalue weighted by Gasteiger charge is 2.37. The molecule has 5 N–H and O–H groups in total. The van der Waals surface area contributed by atoms with Crippen molar-refractivity contribution in [3.05, 3.63) is 29.3 Å². The molecule has 0 aromatic heterocycles. The zero-order valence-electron chi connectivity index (χ0n) is 11.4. The van der Waals surface area contributed by atoms with Gasteiger partial charge < -0.3 is 16.8 Å². The highest BCUT2D eigenvalue weighted by Crippen LogP contribution is 2.43. The molecule has 0 unspecified atom stereocenters. The number of primary amides is 1. The van der Waals surface area contributed by atoms with Crippen LogP contribution in [0.2, 0.25) is 0 Å². The normalized spacial score (nSPS) is 16.1. The summed E-state index contributed by atoms with van der Waals surface area (Å²) in [6, 6.07) is 1.43. The Balaban J connectivity index is 2.13. The summed E-state index contributed by atoms with van der Waals surface area (Å²) >= 11 is 0. The minimum absolute atomic E-state index is 0.173. The number of hydrogen-bond donors (Lipinski definition) is 3. The second-order valence-electron chi connectivity index (χ2n) is 5.46. The molecular formula is C14H17F2N3O2. The Labute approximate surface area is 120 Å². The smallest absolute Gasteiger partial charge is 0.251 e. The van der Waals surface area contributed by atoms with E-state index in [0.717, 1.165) is 25.3 Å². The third kappa shape index (κ3) is 3.18. The first-order valence-electron chi connectivity index (χ1n) is 6.66. The van der Waals surface area contributed by atoms with Crippen molar-refractivity contribution in [2.24, 2.45) is 16.9 Å². The lowest BCUT2D eigenvalue weighted by atomic mass is 9.66. The summed E-state index contributed by atoms with van der Waals surface area (Å²) in [5, 5.41) is 2.35. The van der Waals surface area contributed by atoms with Crippen molar-refractivity contribution < 1.29 is 18.4 Å². The van der Waals surface area contributed by atoms with Gasteiger partial charge in [0.1, 0.15) is 11.6 Å². The SMILES string of the molecule is NCC1(CC(=O)Nc2cc(C(N)=O)c(F)cc2F)CCC1. The van der Waals surface area contributed by atoms with Crippen molar-refractivity contribution in [1.29, 1.82) is 0 Å². The molecule has 1 fully saturated rings. The lowest BCUT2D eigenvalue weighted by Gasteiger charge is -2.40. The quantitative estimate of drug-likeness (QED) is 0.768. The van der Waals surface area contributed by atoms with Gasteiger partial charge in [-0.05, 0) is 30.9 Å². The predicted molar refractivity (Wildman–Crippen MR) is 73.5 cm³/mol. The summed E-state index contributed by atoms with van der Waals surface area (Å²) in [4.78, 5) is 23.0. The molecule has 21 heavy (non-hydrogen) atoms. The van der Waals surface area contributed by atoms with Gasteiger partial charge in [-0.3, -0.25) is 9.59 Å². The molecule has 0 aliphatic heterocycles. The number of hydrogen-bond acceptors (Lipinski definition) is 3. The monoisotopic (exact) mass is 297 g/mol. The minimum Gasteiger partial charge on any atom is -0.366 e. The van der Waals surface area contributed by atoms with Crippen LogP contribution < -0.4 is 16.8 Å². The molecule has 7 heteroatoms. The molecule has 0 bridgehead atoms. The number of benzene rings is 1. The van der Waals surface area contributed by atoms with Gasteiger partial charge >= 0.3 is 0 Å². The van der Waals surface area contributed by atoms with Gasteiger partial charge in [-0.25, -0.2) is 8.78 Å². The molecule has 0 atom stereocenters. The molecule has 0 saturated heterocycles. The Bertz CT molecular complexity index is 580. The van der Waals surface area contributed by atoms with E-state index in [0.29, 0.717) is 12.6 Å². The Morgan fingerprint density at radius 3 is 2.38 bits per heavy atom. The van der Waals surface area contributed by atoms with Gasteiger partial charge in [0.25, 0.3) is 5.91 Å². The van der Waals surface area contributed by atoms with Crippen LogP contribution in [0.25, 0.3) is 0 Å². The Hall–Kier alpha value is -2.02. The summed E-state index contributed by atoms with van der Waals surface area (Å²) in [6.45, 7) is 0.388. The van der Waals surface area contributed by atoms with E-state index in [-0.39, 0.29) is 17.5 Å². The van der Waals surface area contributed by atoms with Gasteiger partial charge in [-0.1, -0.05) is 6.42 Å². The lowest BCUT2D eigenvalue weighted by Crippen LogP contribution is -2.40. The summed E-state index contributed by atoms with van der Waals surface area (Å²) < 4.78 is 27.0. The Morgan fingerprint density at radius 2 is 1.90 bits per heavy atom. The van der Waals surface area contributed by atoms with E-state index in [4.69, 9.17) is 11.5 Å². The number of anilines is 1. The van der Waals surface area contributed by atoms with Crippen LogP contribution in [-0.2, 0) is 4.79 Å². The topological polar surface area (TPSA) is 98.2 Å². The van der Waals surface area contributed by atoms with E-state index in [1.807, 2.05) is 0 Å². The van der Waals surface area contributed by atoms with Gasteiger partial charge in [0.05, 0.1) is 11.3 Å². The molecule has 1 aromatic carbocycles. The fourth-order valence-electron chi connectivity index (χ4n) is 2.50. The molecule has 2 amide bonds. The molecule has 1 aliphatic rings. The minimum atomic E-state index is -1.06. The number of amides is 2. The average Bonchev–Trinajstić information content (AvgIpc) is 2.36. The number of nitrogens with one attached hydrogen (secondary N) is 1. The molecule has 0 radical (unpaired) electrons. The van der Waals surface area contributed by atoms with E-state index in [1.165, 1.54) is 0 Å². The Morgan fingerprint density at radius 1 is 1.24 bits per heavy atom.